The minimum atomic E-state index is 0.145. The summed E-state index contributed by atoms with van der Waals surface area (Å²) in [6.07, 6.45) is 2.71. The third-order valence-electron chi connectivity index (χ3n) is 6.10. The van der Waals surface area contributed by atoms with Crippen molar-refractivity contribution in [2.24, 2.45) is 5.41 Å². The van der Waals surface area contributed by atoms with Gasteiger partial charge in [-0.2, -0.15) is 4.98 Å². The molecule has 2 aromatic heterocycles. The van der Waals surface area contributed by atoms with Gasteiger partial charge >= 0.3 is 0 Å². The first kappa shape index (κ1) is 21.8. The molecular weight excluding hydrogens is 384 g/mol. The Morgan fingerprint density at radius 1 is 0.968 bits per heavy atom. The molecule has 6 heteroatoms. The molecule has 0 bridgehead atoms. The Labute approximate surface area is 186 Å². The average molecular weight is 421 g/mol. The molecule has 1 fully saturated rings. The molecule has 0 amide bonds. The van der Waals surface area contributed by atoms with Crippen LogP contribution in [0.5, 0.6) is 0 Å². The van der Waals surface area contributed by atoms with Gasteiger partial charge in [-0.05, 0) is 29.2 Å². The molecule has 0 unspecified atom stereocenters. The molecule has 4 rings (SSSR count). The van der Waals surface area contributed by atoms with Gasteiger partial charge in [-0.15, -0.1) is 0 Å². The van der Waals surface area contributed by atoms with E-state index in [0.717, 1.165) is 50.2 Å². The largest absolute Gasteiger partial charge is 0.368 e. The highest BCUT2D eigenvalue weighted by Crippen LogP contribution is 2.26. The van der Waals surface area contributed by atoms with E-state index in [4.69, 9.17) is 5.73 Å². The first-order valence-electron chi connectivity index (χ1n) is 11.4. The maximum atomic E-state index is 5.89. The quantitative estimate of drug-likeness (QED) is 0.657. The maximum Gasteiger partial charge on any atom is 0.221 e. The van der Waals surface area contributed by atoms with Gasteiger partial charge in [0.2, 0.25) is 5.95 Å². The Balaban J connectivity index is 1.49. The van der Waals surface area contributed by atoms with Gasteiger partial charge in [0.25, 0.3) is 0 Å². The minimum Gasteiger partial charge on any atom is -0.368 e. The molecule has 1 aliphatic heterocycles. The number of nitrogens with zero attached hydrogens (tertiary/aromatic N) is 5. The molecule has 3 heterocycles. The van der Waals surface area contributed by atoms with Crippen molar-refractivity contribution >= 4 is 17.0 Å². The van der Waals surface area contributed by atoms with Crippen molar-refractivity contribution in [1.29, 1.82) is 0 Å². The Kier molecular flexibility index (Phi) is 6.30. The van der Waals surface area contributed by atoms with Crippen LogP contribution in [-0.4, -0.2) is 57.1 Å². The fraction of sp³-hybridized carbons (Fsp3) is 0.520. The summed E-state index contributed by atoms with van der Waals surface area (Å²) >= 11 is 0. The first-order valence-corrected chi connectivity index (χ1v) is 11.4. The summed E-state index contributed by atoms with van der Waals surface area (Å²) in [5.41, 5.74) is 10.9. The summed E-state index contributed by atoms with van der Waals surface area (Å²) in [4.78, 5) is 13.8. The molecule has 1 aromatic carbocycles. The molecule has 0 atom stereocenters. The van der Waals surface area contributed by atoms with E-state index in [2.05, 4.69) is 82.4 Å². The number of likely N-dealkylation sites (N-methyl/N-ethyl adjacent to an activating group) is 1. The molecule has 0 radical (unpaired) electrons. The van der Waals surface area contributed by atoms with Crippen LogP contribution in [0.25, 0.3) is 11.0 Å². The Bertz CT molecular complexity index is 1010. The summed E-state index contributed by atoms with van der Waals surface area (Å²) in [6.45, 7) is 16.8. The Hall–Kier alpha value is -2.44. The second-order valence-corrected chi connectivity index (χ2v) is 9.99. The smallest absolute Gasteiger partial charge is 0.221 e. The van der Waals surface area contributed by atoms with E-state index in [9.17, 15) is 0 Å². The Morgan fingerprint density at radius 3 is 2.26 bits per heavy atom. The first-order chi connectivity index (χ1) is 14.8. The molecule has 1 aliphatic rings. The summed E-state index contributed by atoms with van der Waals surface area (Å²) in [6, 6.07) is 11.3. The predicted molar refractivity (Wildman–Crippen MR) is 128 cm³/mol. The minimum absolute atomic E-state index is 0.145. The van der Waals surface area contributed by atoms with Crippen LogP contribution in [0, 0.1) is 5.41 Å². The van der Waals surface area contributed by atoms with Crippen molar-refractivity contribution < 1.29 is 0 Å². The van der Waals surface area contributed by atoms with Gasteiger partial charge in [-0.3, -0.25) is 4.90 Å². The number of anilines is 1. The predicted octanol–water partition coefficient (Wildman–Crippen LogP) is 3.79. The highest BCUT2D eigenvalue weighted by atomic mass is 15.3. The molecule has 3 aromatic rings. The lowest BCUT2D eigenvalue weighted by molar-refractivity contribution is 0.132. The number of benzene rings is 1. The molecule has 0 aliphatic carbocycles. The van der Waals surface area contributed by atoms with Crippen molar-refractivity contribution in [3.8, 4) is 0 Å². The summed E-state index contributed by atoms with van der Waals surface area (Å²) in [5, 5.41) is 1.05. The highest BCUT2D eigenvalue weighted by molar-refractivity contribution is 5.77. The van der Waals surface area contributed by atoms with Crippen LogP contribution < -0.4 is 5.73 Å². The van der Waals surface area contributed by atoms with Crippen LogP contribution in [0.2, 0.25) is 0 Å². The van der Waals surface area contributed by atoms with Gasteiger partial charge in [0.15, 0.2) is 0 Å². The molecule has 0 saturated carbocycles. The zero-order chi connectivity index (χ0) is 22.0. The van der Waals surface area contributed by atoms with Crippen LogP contribution in [0.4, 0.5) is 5.95 Å². The molecular formula is C25H36N6. The number of fused-ring (bicyclic) bond motifs is 1. The van der Waals surface area contributed by atoms with Crippen molar-refractivity contribution in [3.05, 3.63) is 53.3 Å². The van der Waals surface area contributed by atoms with Crippen molar-refractivity contribution in [2.75, 3.05) is 38.5 Å². The number of hydrogen-bond donors (Lipinski definition) is 1. The second kappa shape index (κ2) is 8.97. The summed E-state index contributed by atoms with van der Waals surface area (Å²) < 4.78 is 2.31. The lowest BCUT2D eigenvalue weighted by Gasteiger charge is -2.34. The summed E-state index contributed by atoms with van der Waals surface area (Å²) in [5.74, 6) is 0.330. The zero-order valence-electron chi connectivity index (χ0n) is 19.4. The number of hydrogen-bond acceptors (Lipinski definition) is 5. The molecule has 31 heavy (non-hydrogen) atoms. The number of piperazine rings is 1. The summed E-state index contributed by atoms with van der Waals surface area (Å²) in [7, 11) is 0. The van der Waals surface area contributed by atoms with E-state index in [1.54, 1.807) is 0 Å². The van der Waals surface area contributed by atoms with Crippen molar-refractivity contribution in [3.63, 3.8) is 0 Å². The highest BCUT2D eigenvalue weighted by Gasteiger charge is 2.19. The number of rotatable bonds is 6. The van der Waals surface area contributed by atoms with E-state index in [1.165, 1.54) is 29.9 Å². The molecule has 6 nitrogen and oxygen atoms in total. The van der Waals surface area contributed by atoms with Crippen LogP contribution in [0.15, 0.2) is 36.5 Å². The van der Waals surface area contributed by atoms with Crippen LogP contribution >= 0.6 is 0 Å². The standard InChI is InChI=1S/C25H36N6/c1-5-29-10-12-30(13-11-29)17-20-8-6-19(7-9-20)14-22-15-21-16-27-24(26)28-23(21)31(22)18-25(2,3)4/h6-9,15-16H,5,10-14,17-18H2,1-4H3,(H2,26,27,28). The lowest BCUT2D eigenvalue weighted by atomic mass is 9.96. The van der Waals surface area contributed by atoms with Crippen LogP contribution in [-0.2, 0) is 19.5 Å². The third kappa shape index (κ3) is 5.43. The van der Waals surface area contributed by atoms with E-state index < -0.39 is 0 Å². The third-order valence-corrected chi connectivity index (χ3v) is 6.10. The van der Waals surface area contributed by atoms with Crippen LogP contribution in [0.3, 0.4) is 0 Å². The SMILES string of the molecule is CCN1CCN(Cc2ccc(Cc3cc4cnc(N)nc4n3CC(C)(C)C)cc2)CC1. The second-order valence-electron chi connectivity index (χ2n) is 9.99. The molecule has 166 valence electrons. The number of nitrogens with two attached hydrogens (primary N) is 1. The van der Waals surface area contributed by atoms with Gasteiger partial charge in [0.1, 0.15) is 5.65 Å². The van der Waals surface area contributed by atoms with E-state index in [1.807, 2.05) is 6.20 Å². The van der Waals surface area contributed by atoms with E-state index in [-0.39, 0.29) is 5.41 Å². The number of aromatic nitrogens is 3. The molecule has 1 saturated heterocycles. The van der Waals surface area contributed by atoms with Gasteiger partial charge in [-0.25, -0.2) is 4.98 Å². The number of nitrogen functional groups attached to an aromatic ring is 1. The van der Waals surface area contributed by atoms with Gasteiger partial charge in [-0.1, -0.05) is 52.0 Å². The molecule has 0 spiro atoms. The van der Waals surface area contributed by atoms with Gasteiger partial charge in [0.05, 0.1) is 0 Å². The normalized spacial score (nSPS) is 16.3. The van der Waals surface area contributed by atoms with Crippen molar-refractivity contribution in [2.45, 2.75) is 47.2 Å². The fourth-order valence-corrected chi connectivity index (χ4v) is 4.40. The zero-order valence-corrected chi connectivity index (χ0v) is 19.4. The molecule has 2 N–H and O–H groups in total. The topological polar surface area (TPSA) is 63.2 Å². The lowest BCUT2D eigenvalue weighted by Crippen LogP contribution is -2.45. The maximum absolute atomic E-state index is 5.89. The van der Waals surface area contributed by atoms with Gasteiger partial charge in [0, 0.05) is 63.0 Å². The average Bonchev–Trinajstić information content (AvgIpc) is 3.05. The van der Waals surface area contributed by atoms with Gasteiger partial charge < -0.3 is 15.2 Å². The monoisotopic (exact) mass is 420 g/mol. The van der Waals surface area contributed by atoms with E-state index in [0.29, 0.717) is 5.95 Å². The Morgan fingerprint density at radius 2 is 1.61 bits per heavy atom. The van der Waals surface area contributed by atoms with E-state index >= 15 is 0 Å². The van der Waals surface area contributed by atoms with Crippen molar-refractivity contribution in [1.82, 2.24) is 24.3 Å². The van der Waals surface area contributed by atoms with Crippen LogP contribution in [0.1, 0.15) is 44.5 Å². The fourth-order valence-electron chi connectivity index (χ4n) is 4.40.